The molecule has 3 N–H and O–H groups in total. The summed E-state index contributed by atoms with van der Waals surface area (Å²) < 4.78 is 1.44. The summed E-state index contributed by atoms with van der Waals surface area (Å²) in [5.41, 5.74) is 5.72. The highest BCUT2D eigenvalue weighted by Crippen LogP contribution is 2.06. The van der Waals surface area contributed by atoms with Crippen molar-refractivity contribution in [2.75, 3.05) is 14.1 Å². The zero-order valence-corrected chi connectivity index (χ0v) is 10.5. The van der Waals surface area contributed by atoms with E-state index in [9.17, 15) is 9.59 Å². The molecule has 100 valence electrons. The Balaban J connectivity index is 2.63. The summed E-state index contributed by atoms with van der Waals surface area (Å²) in [7, 11) is 3.37. The van der Waals surface area contributed by atoms with Gasteiger partial charge in [0, 0.05) is 33.6 Å². The number of amides is 1. The van der Waals surface area contributed by atoms with Crippen molar-refractivity contribution in [1.29, 1.82) is 0 Å². The van der Waals surface area contributed by atoms with E-state index in [1.54, 1.807) is 14.1 Å². The molecule has 0 aliphatic carbocycles. The van der Waals surface area contributed by atoms with Crippen LogP contribution in [0.3, 0.4) is 0 Å². The van der Waals surface area contributed by atoms with Crippen LogP contribution in [0.5, 0.6) is 0 Å². The molecule has 1 rings (SSSR count). The number of carboxylic acid groups (broad SMARTS) is 1. The molecule has 0 atom stereocenters. The summed E-state index contributed by atoms with van der Waals surface area (Å²) in [6.07, 6.45) is 0.936. The van der Waals surface area contributed by atoms with E-state index in [2.05, 4.69) is 10.3 Å². The third-order valence-electron chi connectivity index (χ3n) is 2.49. The molecule has 1 aromatic rings. The molecule has 0 bridgehead atoms. The largest absolute Gasteiger partial charge is 0.476 e. The average Bonchev–Trinajstić information content (AvgIpc) is 2.71. The molecule has 1 amide bonds. The lowest BCUT2D eigenvalue weighted by atomic mass is 10.2. The lowest BCUT2D eigenvalue weighted by Crippen LogP contribution is -2.22. The smallest absolute Gasteiger partial charge is 0.358 e. The van der Waals surface area contributed by atoms with Crippen LogP contribution in [0.15, 0.2) is 0 Å². The molecule has 1 heterocycles. The van der Waals surface area contributed by atoms with Crippen molar-refractivity contribution in [1.82, 2.24) is 19.9 Å². The highest BCUT2D eigenvalue weighted by molar-refractivity contribution is 5.86. The lowest BCUT2D eigenvalue weighted by Gasteiger charge is -2.10. The SMILES string of the molecule is CN(C)C(=O)CCCn1nnc(C(=O)O)c1CN. The molecule has 0 saturated heterocycles. The number of hydrogen-bond acceptors (Lipinski definition) is 5. The number of nitrogens with zero attached hydrogens (tertiary/aromatic N) is 4. The van der Waals surface area contributed by atoms with Gasteiger partial charge in [0.1, 0.15) is 0 Å². The van der Waals surface area contributed by atoms with E-state index in [4.69, 9.17) is 10.8 Å². The predicted molar refractivity (Wildman–Crippen MR) is 62.8 cm³/mol. The molecule has 0 aliphatic rings. The van der Waals surface area contributed by atoms with Gasteiger partial charge in [-0.1, -0.05) is 5.21 Å². The maximum absolute atomic E-state index is 11.4. The van der Waals surface area contributed by atoms with E-state index < -0.39 is 5.97 Å². The molecule has 18 heavy (non-hydrogen) atoms. The van der Waals surface area contributed by atoms with E-state index in [-0.39, 0.29) is 18.1 Å². The zero-order valence-electron chi connectivity index (χ0n) is 10.5. The van der Waals surface area contributed by atoms with Gasteiger partial charge in [-0.15, -0.1) is 5.10 Å². The number of hydrogen-bond donors (Lipinski definition) is 2. The molecule has 0 saturated carbocycles. The maximum Gasteiger partial charge on any atom is 0.358 e. The number of aromatic carboxylic acids is 1. The normalized spacial score (nSPS) is 10.4. The second-order valence-corrected chi connectivity index (χ2v) is 4.01. The summed E-state index contributed by atoms with van der Waals surface area (Å²) in [5, 5.41) is 16.2. The average molecular weight is 255 g/mol. The second kappa shape index (κ2) is 6.10. The van der Waals surface area contributed by atoms with Crippen molar-refractivity contribution >= 4 is 11.9 Å². The quantitative estimate of drug-likeness (QED) is 0.695. The van der Waals surface area contributed by atoms with E-state index >= 15 is 0 Å². The third kappa shape index (κ3) is 3.27. The Hall–Kier alpha value is -1.96. The minimum absolute atomic E-state index is 0.0165. The first kappa shape index (κ1) is 14.1. The van der Waals surface area contributed by atoms with Gasteiger partial charge in [0.2, 0.25) is 5.91 Å². The number of carbonyl (C=O) groups excluding carboxylic acids is 1. The molecular formula is C10H17N5O3. The molecule has 0 radical (unpaired) electrons. The van der Waals surface area contributed by atoms with Gasteiger partial charge in [0.05, 0.1) is 5.69 Å². The van der Waals surface area contributed by atoms with Crippen LogP contribution in [0.1, 0.15) is 29.0 Å². The summed E-state index contributed by atoms with van der Waals surface area (Å²) >= 11 is 0. The maximum atomic E-state index is 11.4. The monoisotopic (exact) mass is 255 g/mol. The first-order chi connectivity index (χ1) is 8.47. The van der Waals surface area contributed by atoms with E-state index in [0.29, 0.717) is 25.1 Å². The Kier molecular flexibility index (Phi) is 4.78. The van der Waals surface area contributed by atoms with Gasteiger partial charge in [-0.25, -0.2) is 9.48 Å². The molecule has 0 aromatic carbocycles. The van der Waals surface area contributed by atoms with Crippen LogP contribution in [0.4, 0.5) is 0 Å². The van der Waals surface area contributed by atoms with Gasteiger partial charge >= 0.3 is 5.97 Å². The molecule has 8 heteroatoms. The number of aromatic nitrogens is 3. The Morgan fingerprint density at radius 2 is 2.11 bits per heavy atom. The first-order valence-corrected chi connectivity index (χ1v) is 5.53. The van der Waals surface area contributed by atoms with Crippen molar-refractivity contribution in [3.63, 3.8) is 0 Å². The van der Waals surface area contributed by atoms with Crippen molar-refractivity contribution in [3.05, 3.63) is 11.4 Å². The topological polar surface area (TPSA) is 114 Å². The van der Waals surface area contributed by atoms with Gasteiger partial charge in [0.25, 0.3) is 0 Å². The first-order valence-electron chi connectivity index (χ1n) is 5.53. The standard InChI is InChI=1S/C10H17N5O3/c1-14(2)8(16)4-3-5-15-7(6-11)9(10(17)18)12-13-15/h3-6,11H2,1-2H3,(H,17,18). The second-order valence-electron chi connectivity index (χ2n) is 4.01. The van der Waals surface area contributed by atoms with Crippen molar-refractivity contribution in [2.24, 2.45) is 5.73 Å². The third-order valence-corrected chi connectivity index (χ3v) is 2.49. The highest BCUT2D eigenvalue weighted by Gasteiger charge is 2.17. The van der Waals surface area contributed by atoms with Crippen LogP contribution in [0.25, 0.3) is 0 Å². The molecule has 0 spiro atoms. The fourth-order valence-electron chi connectivity index (χ4n) is 1.48. The highest BCUT2D eigenvalue weighted by atomic mass is 16.4. The lowest BCUT2D eigenvalue weighted by molar-refractivity contribution is -0.128. The van der Waals surface area contributed by atoms with Crippen LogP contribution in [-0.2, 0) is 17.9 Å². The molecule has 0 fully saturated rings. The molecule has 0 aliphatic heterocycles. The molecule has 8 nitrogen and oxygen atoms in total. The Morgan fingerprint density at radius 1 is 1.44 bits per heavy atom. The Labute approximate surface area is 104 Å². The van der Waals surface area contributed by atoms with Gasteiger partial charge in [-0.05, 0) is 6.42 Å². The number of aryl methyl sites for hydroxylation is 1. The summed E-state index contributed by atoms with van der Waals surface area (Å²) in [6.45, 7) is 0.475. The van der Waals surface area contributed by atoms with E-state index in [1.165, 1.54) is 9.58 Å². The fraction of sp³-hybridized carbons (Fsp3) is 0.600. The number of carbonyl (C=O) groups is 2. The van der Waals surface area contributed by atoms with Crippen molar-refractivity contribution in [3.8, 4) is 0 Å². The van der Waals surface area contributed by atoms with Gasteiger partial charge in [-0.3, -0.25) is 4.79 Å². The van der Waals surface area contributed by atoms with Crippen LogP contribution in [0, 0.1) is 0 Å². The van der Waals surface area contributed by atoms with E-state index in [1.807, 2.05) is 0 Å². The van der Waals surface area contributed by atoms with Crippen LogP contribution in [-0.4, -0.2) is 51.0 Å². The Morgan fingerprint density at radius 3 is 2.61 bits per heavy atom. The van der Waals surface area contributed by atoms with Crippen LogP contribution in [0.2, 0.25) is 0 Å². The summed E-state index contributed by atoms with van der Waals surface area (Å²) in [4.78, 5) is 23.7. The van der Waals surface area contributed by atoms with Gasteiger partial charge < -0.3 is 15.7 Å². The molecule has 0 unspecified atom stereocenters. The van der Waals surface area contributed by atoms with Gasteiger partial charge in [-0.2, -0.15) is 0 Å². The number of rotatable bonds is 6. The minimum atomic E-state index is -1.15. The summed E-state index contributed by atoms with van der Waals surface area (Å²) in [5.74, 6) is -1.13. The predicted octanol–water partition coefficient (Wildman–Crippen LogP) is -0.697. The Bertz CT molecular complexity index is 441. The molecule has 1 aromatic heterocycles. The minimum Gasteiger partial charge on any atom is -0.476 e. The van der Waals surface area contributed by atoms with Crippen molar-refractivity contribution < 1.29 is 14.7 Å². The van der Waals surface area contributed by atoms with Gasteiger partial charge in [0.15, 0.2) is 5.69 Å². The fourth-order valence-corrected chi connectivity index (χ4v) is 1.48. The number of carboxylic acids is 1. The van der Waals surface area contributed by atoms with E-state index in [0.717, 1.165) is 0 Å². The van der Waals surface area contributed by atoms with Crippen LogP contribution >= 0.6 is 0 Å². The zero-order chi connectivity index (χ0) is 13.7. The van der Waals surface area contributed by atoms with Crippen molar-refractivity contribution in [2.45, 2.75) is 25.9 Å². The molecular weight excluding hydrogens is 238 g/mol. The van der Waals surface area contributed by atoms with Crippen LogP contribution < -0.4 is 5.73 Å². The summed E-state index contributed by atoms with van der Waals surface area (Å²) in [6, 6.07) is 0. The number of nitrogens with two attached hydrogens (primary N) is 1.